The third-order valence-corrected chi connectivity index (χ3v) is 6.94. The third-order valence-electron chi connectivity index (χ3n) is 6.94. The van der Waals surface area contributed by atoms with Gasteiger partial charge in [-0.15, -0.1) is 0 Å². The van der Waals surface area contributed by atoms with Gasteiger partial charge in [-0.25, -0.2) is 0 Å². The Balaban J connectivity index is 1.40. The van der Waals surface area contributed by atoms with Crippen molar-refractivity contribution in [3.63, 3.8) is 0 Å². The first-order valence-corrected chi connectivity index (χ1v) is 11.0. The van der Waals surface area contributed by atoms with Gasteiger partial charge in [0.15, 0.2) is 0 Å². The van der Waals surface area contributed by atoms with Crippen molar-refractivity contribution in [2.45, 2.75) is 64.8 Å². The highest BCUT2D eigenvalue weighted by molar-refractivity contribution is 6.06. The normalized spacial score (nSPS) is 22.0. The lowest BCUT2D eigenvalue weighted by Gasteiger charge is -2.28. The van der Waals surface area contributed by atoms with Crippen LogP contribution < -0.4 is 10.6 Å². The lowest BCUT2D eigenvalue weighted by atomic mass is 9.73. The van der Waals surface area contributed by atoms with E-state index in [0.717, 1.165) is 22.5 Å². The summed E-state index contributed by atoms with van der Waals surface area (Å²) in [6, 6.07) is 11.4. The number of rotatable bonds is 6. The number of carbonyl (C=O) groups excluding carboxylic acids is 3. The molecule has 162 valence electrons. The Morgan fingerprint density at radius 2 is 1.94 bits per heavy atom. The maximum absolute atomic E-state index is 12.6. The molecule has 6 nitrogen and oxygen atoms in total. The molecule has 1 aromatic carbocycles. The number of nitrogens with one attached hydrogen (secondary N) is 2. The van der Waals surface area contributed by atoms with E-state index in [0.29, 0.717) is 18.0 Å². The van der Waals surface area contributed by atoms with Gasteiger partial charge in [-0.1, -0.05) is 25.5 Å². The molecule has 31 heavy (non-hydrogen) atoms. The van der Waals surface area contributed by atoms with Crippen LogP contribution in [0.5, 0.6) is 0 Å². The minimum absolute atomic E-state index is 0.138. The molecular weight excluding hydrogens is 390 g/mol. The lowest BCUT2D eigenvalue weighted by Crippen LogP contribution is -2.33. The quantitative estimate of drug-likeness (QED) is 0.698. The summed E-state index contributed by atoms with van der Waals surface area (Å²) in [5.41, 5.74) is 3.92. The van der Waals surface area contributed by atoms with E-state index in [9.17, 15) is 14.4 Å². The summed E-state index contributed by atoms with van der Waals surface area (Å²) in [7, 11) is 0. The molecule has 1 aliphatic heterocycles. The van der Waals surface area contributed by atoms with E-state index in [4.69, 9.17) is 0 Å². The van der Waals surface area contributed by atoms with Crippen LogP contribution in [0.4, 0.5) is 0 Å². The van der Waals surface area contributed by atoms with Crippen LogP contribution in [-0.2, 0) is 16.1 Å². The number of hydrogen-bond acceptors (Lipinski definition) is 4. The first kappa shape index (κ1) is 21.2. The monoisotopic (exact) mass is 419 g/mol. The molecule has 0 spiro atoms. The maximum Gasteiger partial charge on any atom is 0.251 e. The van der Waals surface area contributed by atoms with Crippen LogP contribution in [0.3, 0.4) is 0 Å². The second-order valence-corrected chi connectivity index (χ2v) is 9.17. The molecule has 2 aromatic rings. The minimum atomic E-state index is -0.766. The first-order chi connectivity index (χ1) is 14.8. The molecule has 2 heterocycles. The zero-order valence-corrected chi connectivity index (χ0v) is 18.3. The largest absolute Gasteiger partial charge is 0.348 e. The molecule has 2 N–H and O–H groups in total. The van der Waals surface area contributed by atoms with Crippen molar-refractivity contribution in [1.82, 2.24) is 15.6 Å². The Bertz CT molecular complexity index is 1030. The number of pyridine rings is 1. The molecule has 3 amide bonds. The van der Waals surface area contributed by atoms with Crippen LogP contribution >= 0.6 is 0 Å². The number of imide groups is 1. The van der Waals surface area contributed by atoms with Crippen molar-refractivity contribution < 1.29 is 14.4 Å². The second kappa shape index (κ2) is 8.25. The van der Waals surface area contributed by atoms with E-state index in [1.807, 2.05) is 39.0 Å². The standard InChI is InChI=1S/C25H29N3O3/c1-15-11-17(12-21(27-15)19-5-4-6-19)14-26-23(30)20-9-7-18(8-10-20)16(2)25(3)13-22(29)28-24(25)31/h7-12,16,19H,4-6,13-14H2,1-3H3,(H,26,30)(H,28,29,31)/t16-,25+/m1/s1. The molecule has 6 heteroatoms. The molecule has 1 saturated carbocycles. The fourth-order valence-corrected chi connectivity index (χ4v) is 4.44. The van der Waals surface area contributed by atoms with Gasteiger partial charge in [-0.3, -0.25) is 24.7 Å². The summed E-state index contributed by atoms with van der Waals surface area (Å²) in [4.78, 5) is 41.2. The van der Waals surface area contributed by atoms with Gasteiger partial charge in [0.25, 0.3) is 5.91 Å². The van der Waals surface area contributed by atoms with Crippen LogP contribution in [0.15, 0.2) is 36.4 Å². The van der Waals surface area contributed by atoms with Gasteiger partial charge in [-0.05, 0) is 68.0 Å². The van der Waals surface area contributed by atoms with Crippen molar-refractivity contribution in [2.24, 2.45) is 5.41 Å². The molecule has 0 unspecified atom stereocenters. The molecule has 4 rings (SSSR count). The molecule has 2 aliphatic rings. The minimum Gasteiger partial charge on any atom is -0.348 e. The van der Waals surface area contributed by atoms with Crippen LogP contribution in [0, 0.1) is 12.3 Å². The number of aromatic nitrogens is 1. The van der Waals surface area contributed by atoms with E-state index in [2.05, 4.69) is 21.7 Å². The zero-order chi connectivity index (χ0) is 22.2. The number of nitrogens with zero attached hydrogens (tertiary/aromatic N) is 1. The lowest BCUT2D eigenvalue weighted by molar-refractivity contribution is -0.128. The SMILES string of the molecule is Cc1cc(CNC(=O)c2ccc([C@@H](C)[C@]3(C)CC(=O)NC3=O)cc2)cc(C2CCC2)n1. The number of benzene rings is 1. The molecule has 0 bridgehead atoms. The van der Waals surface area contributed by atoms with Crippen molar-refractivity contribution in [3.05, 3.63) is 64.5 Å². The highest BCUT2D eigenvalue weighted by Gasteiger charge is 2.46. The van der Waals surface area contributed by atoms with Crippen LogP contribution in [-0.4, -0.2) is 22.7 Å². The first-order valence-electron chi connectivity index (χ1n) is 11.0. The van der Waals surface area contributed by atoms with E-state index in [-0.39, 0.29) is 30.1 Å². The summed E-state index contributed by atoms with van der Waals surface area (Å²) < 4.78 is 0. The van der Waals surface area contributed by atoms with Crippen LogP contribution in [0.1, 0.15) is 84.2 Å². The summed E-state index contributed by atoms with van der Waals surface area (Å²) in [5.74, 6) is -0.189. The van der Waals surface area contributed by atoms with Crippen molar-refractivity contribution in [1.29, 1.82) is 0 Å². The van der Waals surface area contributed by atoms with Gasteiger partial charge in [0.1, 0.15) is 0 Å². The predicted molar refractivity (Wildman–Crippen MR) is 117 cm³/mol. The fraction of sp³-hybridized carbons (Fsp3) is 0.440. The Morgan fingerprint density at radius 1 is 1.23 bits per heavy atom. The van der Waals surface area contributed by atoms with Crippen molar-refractivity contribution in [3.8, 4) is 0 Å². The average Bonchev–Trinajstić information content (AvgIpc) is 2.96. The highest BCUT2D eigenvalue weighted by Crippen LogP contribution is 2.41. The third kappa shape index (κ3) is 4.24. The predicted octanol–water partition coefficient (Wildman–Crippen LogP) is 3.74. The number of hydrogen-bond donors (Lipinski definition) is 2. The maximum atomic E-state index is 12.6. The molecule has 1 aliphatic carbocycles. The van der Waals surface area contributed by atoms with Crippen LogP contribution in [0.2, 0.25) is 0 Å². The average molecular weight is 420 g/mol. The molecular formula is C25H29N3O3. The zero-order valence-electron chi connectivity index (χ0n) is 18.3. The Morgan fingerprint density at radius 3 is 2.52 bits per heavy atom. The summed E-state index contributed by atoms with van der Waals surface area (Å²) in [6.45, 7) is 6.21. The second-order valence-electron chi connectivity index (χ2n) is 9.17. The van der Waals surface area contributed by atoms with Crippen LogP contribution in [0.25, 0.3) is 0 Å². The number of amides is 3. The van der Waals surface area contributed by atoms with E-state index in [1.54, 1.807) is 12.1 Å². The summed E-state index contributed by atoms with van der Waals surface area (Å²) >= 11 is 0. The van der Waals surface area contributed by atoms with Gasteiger partial charge in [0, 0.05) is 35.8 Å². The molecule has 0 radical (unpaired) electrons. The van der Waals surface area contributed by atoms with Crippen molar-refractivity contribution in [2.75, 3.05) is 0 Å². The van der Waals surface area contributed by atoms with E-state index in [1.165, 1.54) is 19.3 Å². The summed E-state index contributed by atoms with van der Waals surface area (Å²) in [6.07, 6.45) is 3.84. The number of aryl methyl sites for hydroxylation is 1. The Kier molecular flexibility index (Phi) is 5.65. The van der Waals surface area contributed by atoms with E-state index >= 15 is 0 Å². The number of carbonyl (C=O) groups is 3. The van der Waals surface area contributed by atoms with Crippen molar-refractivity contribution >= 4 is 17.7 Å². The van der Waals surface area contributed by atoms with Gasteiger partial charge in [0.2, 0.25) is 11.8 Å². The molecule has 1 saturated heterocycles. The molecule has 2 fully saturated rings. The molecule has 1 aromatic heterocycles. The van der Waals surface area contributed by atoms with Gasteiger partial charge in [-0.2, -0.15) is 0 Å². The van der Waals surface area contributed by atoms with Gasteiger partial charge >= 0.3 is 0 Å². The highest BCUT2D eigenvalue weighted by atomic mass is 16.2. The Labute approximate surface area is 182 Å². The smallest absolute Gasteiger partial charge is 0.251 e. The fourth-order valence-electron chi connectivity index (χ4n) is 4.44. The topological polar surface area (TPSA) is 88.2 Å². The van der Waals surface area contributed by atoms with Gasteiger partial charge < -0.3 is 5.32 Å². The Hall–Kier alpha value is -3.02. The van der Waals surface area contributed by atoms with E-state index < -0.39 is 5.41 Å². The molecule has 2 atom stereocenters. The summed E-state index contributed by atoms with van der Waals surface area (Å²) in [5, 5.41) is 5.39. The van der Waals surface area contributed by atoms with Gasteiger partial charge in [0.05, 0.1) is 5.41 Å².